The highest BCUT2D eigenvalue weighted by molar-refractivity contribution is 6.31. The molecule has 140 valence electrons. The molecule has 0 bridgehead atoms. The number of ketones is 1. The lowest BCUT2D eigenvalue weighted by atomic mass is 10.1. The van der Waals surface area contributed by atoms with Crippen molar-refractivity contribution in [3.05, 3.63) is 63.6 Å². The highest BCUT2D eigenvalue weighted by atomic mass is 35.5. The first-order valence-electron chi connectivity index (χ1n) is 8.88. The fraction of sp³-hybridized carbons (Fsp3) is 0.300. The number of halogens is 1. The molecule has 1 aromatic heterocycles. The van der Waals surface area contributed by atoms with E-state index in [1.807, 2.05) is 24.3 Å². The molecule has 0 aliphatic carbocycles. The van der Waals surface area contributed by atoms with Gasteiger partial charge in [0.2, 0.25) is 0 Å². The van der Waals surface area contributed by atoms with Crippen molar-refractivity contribution in [3.8, 4) is 0 Å². The molecule has 0 atom stereocenters. The summed E-state index contributed by atoms with van der Waals surface area (Å²) in [6.45, 7) is 5.41. The van der Waals surface area contributed by atoms with Gasteiger partial charge in [-0.1, -0.05) is 11.6 Å². The van der Waals surface area contributed by atoms with Gasteiger partial charge in [-0.2, -0.15) is 0 Å². The molecule has 2 heterocycles. The Morgan fingerprint density at radius 3 is 2.44 bits per heavy atom. The molecule has 0 unspecified atom stereocenters. The molecule has 2 aromatic carbocycles. The zero-order chi connectivity index (χ0) is 19.0. The number of oxazole rings is 1. The Kier molecular flexibility index (Phi) is 4.76. The molecule has 6 nitrogen and oxygen atoms in total. The Morgan fingerprint density at radius 1 is 1.07 bits per heavy atom. The maximum atomic E-state index is 12.2. The van der Waals surface area contributed by atoms with E-state index in [4.69, 9.17) is 16.0 Å². The Bertz CT molecular complexity index is 1030. The van der Waals surface area contributed by atoms with Crippen LogP contribution in [0, 0.1) is 0 Å². The third kappa shape index (κ3) is 3.63. The average molecular weight is 386 g/mol. The van der Waals surface area contributed by atoms with Crippen molar-refractivity contribution in [3.63, 3.8) is 0 Å². The highest BCUT2D eigenvalue weighted by Crippen LogP contribution is 2.20. The third-order valence-electron chi connectivity index (χ3n) is 4.98. The van der Waals surface area contributed by atoms with Crippen LogP contribution in [0.2, 0.25) is 5.02 Å². The van der Waals surface area contributed by atoms with Crippen molar-refractivity contribution in [1.82, 2.24) is 9.47 Å². The van der Waals surface area contributed by atoms with E-state index in [0.29, 0.717) is 17.3 Å². The molecule has 1 saturated heterocycles. The molecule has 0 N–H and O–H groups in total. The molecule has 1 aliphatic heterocycles. The van der Waals surface area contributed by atoms with E-state index < -0.39 is 0 Å². The van der Waals surface area contributed by atoms with Crippen LogP contribution in [0.5, 0.6) is 0 Å². The topological polar surface area (TPSA) is 58.7 Å². The van der Waals surface area contributed by atoms with E-state index >= 15 is 0 Å². The van der Waals surface area contributed by atoms with E-state index in [0.717, 1.165) is 42.9 Å². The van der Waals surface area contributed by atoms with Crippen molar-refractivity contribution < 1.29 is 9.21 Å². The van der Waals surface area contributed by atoms with Crippen LogP contribution in [0.3, 0.4) is 0 Å². The minimum Gasteiger partial charge on any atom is -0.408 e. The number of piperazine rings is 1. The zero-order valence-electron chi connectivity index (χ0n) is 15.0. The molecule has 27 heavy (non-hydrogen) atoms. The summed E-state index contributed by atoms with van der Waals surface area (Å²) < 4.78 is 6.92. The van der Waals surface area contributed by atoms with Gasteiger partial charge >= 0.3 is 5.76 Å². The van der Waals surface area contributed by atoms with Gasteiger partial charge in [-0.05, 0) is 49.4 Å². The Morgan fingerprint density at radius 2 is 1.78 bits per heavy atom. The number of nitrogens with zero attached hydrogens (tertiary/aromatic N) is 3. The van der Waals surface area contributed by atoms with Crippen molar-refractivity contribution in [2.24, 2.45) is 0 Å². The predicted octanol–water partition coefficient (Wildman–Crippen LogP) is 3.23. The molecule has 1 fully saturated rings. The van der Waals surface area contributed by atoms with E-state index in [2.05, 4.69) is 9.80 Å². The summed E-state index contributed by atoms with van der Waals surface area (Å²) in [6, 6.07) is 12.9. The fourth-order valence-electron chi connectivity index (χ4n) is 3.42. The van der Waals surface area contributed by atoms with Crippen molar-refractivity contribution in [1.29, 1.82) is 0 Å². The molecule has 4 rings (SSSR count). The number of Topliss-reactive ketones (excluding diaryl/α,β-unsaturated/α-hetero) is 1. The first kappa shape index (κ1) is 17.8. The minimum absolute atomic E-state index is 0.0734. The van der Waals surface area contributed by atoms with Gasteiger partial charge in [-0.25, -0.2) is 4.79 Å². The molecule has 3 aromatic rings. The fourth-order valence-corrected chi connectivity index (χ4v) is 3.59. The van der Waals surface area contributed by atoms with E-state index in [1.165, 1.54) is 0 Å². The first-order valence-corrected chi connectivity index (χ1v) is 9.26. The largest absolute Gasteiger partial charge is 0.421 e. The smallest absolute Gasteiger partial charge is 0.408 e. The van der Waals surface area contributed by atoms with Crippen LogP contribution < -0.4 is 10.7 Å². The van der Waals surface area contributed by atoms with Crippen LogP contribution >= 0.6 is 11.6 Å². The summed E-state index contributed by atoms with van der Waals surface area (Å²) in [5.41, 5.74) is 3.10. The predicted molar refractivity (Wildman–Crippen MR) is 106 cm³/mol. The Balaban J connectivity index is 1.44. The maximum absolute atomic E-state index is 12.2. The van der Waals surface area contributed by atoms with Crippen molar-refractivity contribution in [2.45, 2.75) is 13.6 Å². The highest BCUT2D eigenvalue weighted by Gasteiger charge is 2.20. The second-order valence-corrected chi connectivity index (χ2v) is 7.19. The van der Waals surface area contributed by atoms with Crippen molar-refractivity contribution in [2.75, 3.05) is 31.1 Å². The van der Waals surface area contributed by atoms with Crippen LogP contribution in [0.15, 0.2) is 51.7 Å². The number of fused-ring (bicyclic) bond motifs is 1. The quantitative estimate of drug-likeness (QED) is 0.645. The van der Waals surface area contributed by atoms with E-state index in [-0.39, 0.29) is 11.5 Å². The molecular formula is C20H20ClN3O3. The number of anilines is 1. The van der Waals surface area contributed by atoms with Gasteiger partial charge in [-0.15, -0.1) is 0 Å². The standard InChI is InChI=1S/C20H20ClN3O3/c1-14(25)15-2-5-17(6-3-15)23-10-8-22(9-11-23)13-24-18-12-16(21)4-7-19(18)27-20(24)26/h2-7,12H,8-11,13H2,1H3. The summed E-state index contributed by atoms with van der Waals surface area (Å²) in [7, 11) is 0. The summed E-state index contributed by atoms with van der Waals surface area (Å²) >= 11 is 6.06. The summed E-state index contributed by atoms with van der Waals surface area (Å²) in [4.78, 5) is 28.1. The Labute approximate surface area is 161 Å². The van der Waals surface area contributed by atoms with E-state index in [1.54, 1.807) is 29.7 Å². The third-order valence-corrected chi connectivity index (χ3v) is 5.22. The molecule has 0 spiro atoms. The van der Waals surface area contributed by atoms with Crippen LogP contribution in [0.4, 0.5) is 5.69 Å². The lowest BCUT2D eigenvalue weighted by Crippen LogP contribution is -2.47. The van der Waals surface area contributed by atoms with Crippen LogP contribution in [0.1, 0.15) is 17.3 Å². The van der Waals surface area contributed by atoms with Gasteiger partial charge < -0.3 is 9.32 Å². The number of carbonyl (C=O) groups is 1. The number of aromatic nitrogens is 1. The second kappa shape index (κ2) is 7.21. The van der Waals surface area contributed by atoms with Gasteiger partial charge in [0.25, 0.3) is 0 Å². The molecule has 1 aliphatic rings. The van der Waals surface area contributed by atoms with Gasteiger partial charge in [0.05, 0.1) is 12.2 Å². The molecule has 0 radical (unpaired) electrons. The average Bonchev–Trinajstić information content (AvgIpc) is 2.97. The van der Waals surface area contributed by atoms with E-state index in [9.17, 15) is 9.59 Å². The van der Waals surface area contributed by atoms with Gasteiger partial charge in [0.1, 0.15) is 0 Å². The number of hydrogen-bond donors (Lipinski definition) is 0. The molecule has 0 amide bonds. The SMILES string of the molecule is CC(=O)c1ccc(N2CCN(Cn3c(=O)oc4ccc(Cl)cc43)CC2)cc1. The Hall–Kier alpha value is -2.57. The minimum atomic E-state index is -0.366. The monoisotopic (exact) mass is 385 g/mol. The van der Waals surface area contributed by atoms with Gasteiger partial charge in [0.15, 0.2) is 11.4 Å². The number of hydrogen-bond acceptors (Lipinski definition) is 5. The van der Waals surface area contributed by atoms with Gasteiger partial charge in [0, 0.05) is 42.5 Å². The zero-order valence-corrected chi connectivity index (χ0v) is 15.8. The normalized spacial score (nSPS) is 15.4. The lowest BCUT2D eigenvalue weighted by Gasteiger charge is -2.36. The molecule has 7 heteroatoms. The molecule has 0 saturated carbocycles. The first-order chi connectivity index (χ1) is 13.0. The van der Waals surface area contributed by atoms with Crippen LogP contribution in [-0.2, 0) is 6.67 Å². The molecular weight excluding hydrogens is 366 g/mol. The summed E-state index contributed by atoms with van der Waals surface area (Å²) in [5.74, 6) is -0.293. The number of benzene rings is 2. The number of carbonyl (C=O) groups excluding carboxylic acids is 1. The summed E-state index contributed by atoms with van der Waals surface area (Å²) in [5, 5.41) is 0.580. The lowest BCUT2D eigenvalue weighted by molar-refractivity contribution is 0.101. The van der Waals surface area contributed by atoms with Crippen LogP contribution in [-0.4, -0.2) is 41.4 Å². The van der Waals surface area contributed by atoms with Crippen molar-refractivity contribution >= 4 is 34.2 Å². The summed E-state index contributed by atoms with van der Waals surface area (Å²) in [6.07, 6.45) is 0. The number of rotatable bonds is 4. The maximum Gasteiger partial charge on any atom is 0.421 e. The van der Waals surface area contributed by atoms with Crippen LogP contribution in [0.25, 0.3) is 11.1 Å². The second-order valence-electron chi connectivity index (χ2n) is 6.76. The van der Waals surface area contributed by atoms with Gasteiger partial charge in [-0.3, -0.25) is 14.3 Å².